The molecule has 8 aliphatic heterocycles. The van der Waals surface area contributed by atoms with Gasteiger partial charge in [0.1, 0.15) is 61.0 Å². The van der Waals surface area contributed by atoms with Crippen LogP contribution < -0.4 is 0 Å². The Bertz CT molecular complexity index is 2040. The normalized spacial score (nSPS) is 56.9. The van der Waals surface area contributed by atoms with Crippen molar-refractivity contribution in [3.8, 4) is 0 Å². The van der Waals surface area contributed by atoms with Gasteiger partial charge in [0.15, 0.2) is 43.0 Å². The molecule has 0 aromatic carbocycles. The van der Waals surface area contributed by atoms with E-state index >= 15 is 0 Å². The highest BCUT2D eigenvalue weighted by molar-refractivity contribution is 5.30. The maximum absolute atomic E-state index is 11.6. The molecule has 434 valence electrons. The Kier molecular flexibility index (Phi) is 16.1. The number of aliphatic hydroxyl groups excluding tert-OH is 6. The molecule has 76 heavy (non-hydrogen) atoms. The van der Waals surface area contributed by atoms with Crippen molar-refractivity contribution in [3.63, 3.8) is 0 Å². The highest BCUT2D eigenvalue weighted by atomic mass is 16.8. The van der Waals surface area contributed by atoms with Crippen molar-refractivity contribution < 1.29 is 106 Å². The third-order valence-electron chi connectivity index (χ3n) is 20.1. The van der Waals surface area contributed by atoms with Crippen LogP contribution in [0.5, 0.6) is 0 Å². The van der Waals surface area contributed by atoms with E-state index in [1.807, 2.05) is 13.8 Å². The molecule has 0 radical (unpaired) electrons. The van der Waals surface area contributed by atoms with Gasteiger partial charge < -0.3 is 106 Å². The van der Waals surface area contributed by atoms with Gasteiger partial charge in [-0.1, -0.05) is 25.5 Å². The summed E-state index contributed by atoms with van der Waals surface area (Å²) in [6.07, 6.45) is -11.5. The molecule has 22 heteroatoms. The second-order valence-electron chi connectivity index (χ2n) is 24.4. The number of ether oxygens (including phenoxy) is 16. The van der Waals surface area contributed by atoms with Gasteiger partial charge in [-0.15, -0.1) is 0 Å². The fourth-order valence-electron chi connectivity index (χ4n) is 16.2. The molecule has 2 bridgehead atoms. The zero-order chi connectivity index (χ0) is 54.0. The van der Waals surface area contributed by atoms with Crippen LogP contribution in [-0.4, -0.2) is 224 Å². The lowest BCUT2D eigenvalue weighted by Crippen LogP contribution is -2.65. The maximum atomic E-state index is 11.6. The Balaban J connectivity index is 0.650. The molecule has 0 aromatic heterocycles. The van der Waals surface area contributed by atoms with Crippen LogP contribution in [0.25, 0.3) is 0 Å². The number of aliphatic hydroxyl groups is 6. The summed E-state index contributed by atoms with van der Waals surface area (Å²) in [4.78, 5) is 0. The fourth-order valence-corrected chi connectivity index (χ4v) is 16.2. The molecular formula is C54H86O22. The largest absolute Gasteiger partial charge is 0.394 e. The average molecular weight is 1090 g/mol. The molecule has 0 aromatic rings. The quantitative estimate of drug-likeness (QED) is 0.135. The molecule has 3 aliphatic carbocycles. The van der Waals surface area contributed by atoms with Gasteiger partial charge in [-0.3, -0.25) is 0 Å². The third kappa shape index (κ3) is 9.42. The second kappa shape index (κ2) is 21.6. The van der Waals surface area contributed by atoms with Crippen LogP contribution >= 0.6 is 0 Å². The summed E-state index contributed by atoms with van der Waals surface area (Å²) in [6.45, 7) is 14.2. The average Bonchev–Trinajstić information content (AvgIpc) is 3.83. The number of allylic oxidation sites excluding steroid dienone is 1. The molecule has 22 nitrogen and oxygen atoms in total. The van der Waals surface area contributed by atoms with Gasteiger partial charge in [0.25, 0.3) is 0 Å². The Hall–Kier alpha value is -1.14. The van der Waals surface area contributed by atoms with Crippen LogP contribution in [-0.2, 0) is 75.8 Å². The lowest BCUT2D eigenvalue weighted by atomic mass is 9.48. The van der Waals surface area contributed by atoms with Gasteiger partial charge in [-0.2, -0.15) is 0 Å². The number of fused-ring (bicyclic) bond motifs is 3. The molecule has 0 spiro atoms. The molecule has 31 atom stereocenters. The zero-order valence-corrected chi connectivity index (χ0v) is 45.7. The zero-order valence-electron chi connectivity index (χ0n) is 45.7. The number of rotatable bonds is 14. The van der Waals surface area contributed by atoms with Crippen molar-refractivity contribution in [2.24, 2.45) is 28.6 Å². The molecule has 7 unspecified atom stereocenters. The molecule has 2 saturated carbocycles. The Morgan fingerprint density at radius 2 is 1.21 bits per heavy atom. The Labute approximate surface area is 445 Å². The molecule has 11 aliphatic rings. The molecule has 10 fully saturated rings. The van der Waals surface area contributed by atoms with Gasteiger partial charge in [-0.05, 0) is 84.5 Å². The first kappa shape index (κ1) is 56.7. The maximum Gasteiger partial charge on any atom is 0.187 e. The summed E-state index contributed by atoms with van der Waals surface area (Å²) >= 11 is 0. The lowest BCUT2D eigenvalue weighted by molar-refractivity contribution is -0.374. The van der Waals surface area contributed by atoms with E-state index in [-0.39, 0.29) is 47.7 Å². The lowest BCUT2D eigenvalue weighted by Gasteiger charge is -2.59. The first-order valence-corrected chi connectivity index (χ1v) is 28.0. The number of methoxy groups -OCH3 is 3. The van der Waals surface area contributed by atoms with Crippen LogP contribution in [0.3, 0.4) is 0 Å². The molecule has 8 saturated heterocycles. The number of hydrogen-bond acceptors (Lipinski definition) is 22. The summed E-state index contributed by atoms with van der Waals surface area (Å²) in [5.74, 6) is -0.177. The Morgan fingerprint density at radius 3 is 1.84 bits per heavy atom. The molecule has 6 N–H and O–H groups in total. The summed E-state index contributed by atoms with van der Waals surface area (Å²) in [5.41, 5.74) is 1.43. The topological polar surface area (TPSA) is 269 Å². The highest BCUT2D eigenvalue weighted by Crippen LogP contribution is 2.76. The summed E-state index contributed by atoms with van der Waals surface area (Å²) in [7, 11) is 4.53. The molecule has 0 amide bonds. The molecule has 11 rings (SSSR count). The van der Waals surface area contributed by atoms with Crippen molar-refractivity contribution in [1.29, 1.82) is 0 Å². The minimum absolute atomic E-state index is 0.0292. The van der Waals surface area contributed by atoms with Gasteiger partial charge in [0.05, 0.1) is 74.1 Å². The van der Waals surface area contributed by atoms with E-state index in [0.29, 0.717) is 18.9 Å². The summed E-state index contributed by atoms with van der Waals surface area (Å²) < 4.78 is 101. The molecule has 8 heterocycles. The van der Waals surface area contributed by atoms with Crippen LogP contribution in [0.1, 0.15) is 106 Å². The van der Waals surface area contributed by atoms with Crippen LogP contribution in [0.4, 0.5) is 0 Å². The molecular weight excluding hydrogens is 1000 g/mol. The second-order valence-corrected chi connectivity index (χ2v) is 24.4. The van der Waals surface area contributed by atoms with Crippen LogP contribution in [0, 0.1) is 28.6 Å². The van der Waals surface area contributed by atoms with Crippen LogP contribution in [0.2, 0.25) is 0 Å². The first-order chi connectivity index (χ1) is 36.2. The first-order valence-electron chi connectivity index (χ1n) is 28.0. The van der Waals surface area contributed by atoms with E-state index in [1.165, 1.54) is 12.7 Å². The highest BCUT2D eigenvalue weighted by Gasteiger charge is 2.83. The van der Waals surface area contributed by atoms with E-state index in [0.717, 1.165) is 38.5 Å². The summed E-state index contributed by atoms with van der Waals surface area (Å²) in [5, 5.41) is 63.9. The Morgan fingerprint density at radius 1 is 0.605 bits per heavy atom. The minimum atomic E-state index is -1.66. The van der Waals surface area contributed by atoms with E-state index in [2.05, 4.69) is 26.8 Å². The standard InChI is InChI=1S/C54H86O22/c1-23-43(31(56)18-36(65-23)69-28-13-15-51(5)27(17-28)11-12-30-29(51)14-16-52(6)48-35-22-64-53(48,7)76-54(30,52)75-35)71-37-19-32(61-8)44(24(2)66-37)72-38-20-33(62-9)45(25(3)67-38)73-50-42(60)47(63-10)46(26(4)68-50)74-49-41(59)40(58)39(57)34(21-55)70-49/h11,23-26,28-50,55-60H,12-22H2,1-10H3/t23?,24?,25?,26?,28-,29-,30+,31+,32+,33+,34?,35+,36-,37-,38-,39+,40-,41?,42?,43+,44+,45+,46+,47+,48-,49-,50-,51-,52+,53+,54-/m0/s1. The van der Waals surface area contributed by atoms with E-state index < -0.39 is 153 Å². The van der Waals surface area contributed by atoms with E-state index in [4.69, 9.17) is 75.8 Å². The fraction of sp³-hybridized carbons (Fsp3) is 0.963. The van der Waals surface area contributed by atoms with Crippen molar-refractivity contribution in [2.75, 3.05) is 34.5 Å². The van der Waals surface area contributed by atoms with Gasteiger partial charge in [0.2, 0.25) is 0 Å². The van der Waals surface area contributed by atoms with Crippen molar-refractivity contribution in [1.82, 2.24) is 0 Å². The predicted octanol–water partition coefficient (Wildman–Crippen LogP) is 1.67. The summed E-state index contributed by atoms with van der Waals surface area (Å²) in [6, 6.07) is 0. The van der Waals surface area contributed by atoms with Crippen LogP contribution in [0.15, 0.2) is 11.6 Å². The SMILES string of the molecule is CO[C@@H]1C(O)[C@H](O[C@@H]2C(C)O[C@@H](O[C@@H]3C(C)O[C@@H](O[C@@H]4C(C)O[C@@H](O[C@H]5CC[C@@]6(C)C(=CC[C@@H]7[C@@H]6CC[C@]6(C)[C@@H]8[C@H]9CO[C@]8(C)O[C@@]76O9)C5)C[C@H]4O)C[C@H]3OC)C[C@H]2OC)OC(C)[C@H]1O[C@@H]1OC(CO)[C@@H](O)[C@H](O)C1O. The van der Waals surface area contributed by atoms with Gasteiger partial charge >= 0.3 is 0 Å². The monoisotopic (exact) mass is 1090 g/mol. The van der Waals surface area contributed by atoms with Crippen molar-refractivity contribution >= 4 is 0 Å². The van der Waals surface area contributed by atoms with E-state index in [1.54, 1.807) is 28.1 Å². The predicted molar refractivity (Wildman–Crippen MR) is 259 cm³/mol. The smallest absolute Gasteiger partial charge is 0.187 e. The third-order valence-corrected chi connectivity index (χ3v) is 20.1. The van der Waals surface area contributed by atoms with E-state index in [9.17, 15) is 30.6 Å². The van der Waals surface area contributed by atoms with Crippen molar-refractivity contribution in [3.05, 3.63) is 11.6 Å². The van der Waals surface area contributed by atoms with Gasteiger partial charge in [-0.25, -0.2) is 0 Å². The van der Waals surface area contributed by atoms with Gasteiger partial charge in [0, 0.05) is 51.9 Å². The van der Waals surface area contributed by atoms with Crippen molar-refractivity contribution in [2.45, 2.75) is 265 Å². The minimum Gasteiger partial charge on any atom is -0.394 e. The number of hydrogen-bond donors (Lipinski definition) is 6.